The van der Waals surface area contributed by atoms with Crippen LogP contribution in [0.15, 0.2) is 9.85 Å². The van der Waals surface area contributed by atoms with Crippen molar-refractivity contribution in [1.29, 1.82) is 0 Å². The van der Waals surface area contributed by atoms with Gasteiger partial charge in [0.15, 0.2) is 0 Å². The van der Waals surface area contributed by atoms with Gasteiger partial charge in [-0.3, -0.25) is 0 Å². The molecule has 0 bridgehead atoms. The van der Waals surface area contributed by atoms with E-state index in [9.17, 15) is 0 Å². The van der Waals surface area contributed by atoms with Crippen molar-refractivity contribution in [2.75, 3.05) is 0 Å². The zero-order chi connectivity index (χ0) is 9.64. The minimum absolute atomic E-state index is 0.279. The molecule has 1 saturated carbocycles. The lowest BCUT2D eigenvalue weighted by Crippen LogP contribution is -2.31. The van der Waals surface area contributed by atoms with Crippen molar-refractivity contribution in [3.8, 4) is 0 Å². The minimum atomic E-state index is 0.279. The molecule has 1 aliphatic carbocycles. The first kappa shape index (κ1) is 9.69. The summed E-state index contributed by atoms with van der Waals surface area (Å²) in [6, 6.07) is 0.279. The van der Waals surface area contributed by atoms with E-state index in [2.05, 4.69) is 35.2 Å². The van der Waals surface area contributed by atoms with E-state index < -0.39 is 0 Å². The molecule has 1 aromatic heterocycles. The highest BCUT2D eigenvalue weighted by molar-refractivity contribution is 9.10. The average Bonchev–Trinajstić information content (AvgIpc) is 2.80. The predicted molar refractivity (Wildman–Crippen MR) is 61.3 cm³/mol. The summed E-state index contributed by atoms with van der Waals surface area (Å²) in [7, 11) is 0. The summed E-state index contributed by atoms with van der Waals surface area (Å²) in [5, 5.41) is 2.21. The molecule has 1 aliphatic rings. The lowest BCUT2D eigenvalue weighted by atomic mass is 9.96. The molecule has 72 valence electrons. The molecule has 0 amide bonds. The van der Waals surface area contributed by atoms with E-state index >= 15 is 0 Å². The number of rotatable bonds is 2. The molecule has 0 saturated heterocycles. The summed E-state index contributed by atoms with van der Waals surface area (Å²) in [5.41, 5.74) is 7.67. The third-order valence-electron chi connectivity index (χ3n) is 3.01. The molecule has 1 nitrogen and oxygen atoms in total. The van der Waals surface area contributed by atoms with Crippen LogP contribution in [0.1, 0.15) is 30.2 Å². The monoisotopic (exact) mass is 259 g/mol. The van der Waals surface area contributed by atoms with Crippen LogP contribution < -0.4 is 5.73 Å². The highest BCUT2D eigenvalue weighted by Gasteiger charge is 2.49. The van der Waals surface area contributed by atoms with Crippen molar-refractivity contribution < 1.29 is 0 Å². The van der Waals surface area contributed by atoms with Gasteiger partial charge < -0.3 is 5.73 Å². The van der Waals surface area contributed by atoms with Gasteiger partial charge in [0.25, 0.3) is 0 Å². The van der Waals surface area contributed by atoms with Crippen molar-refractivity contribution in [2.45, 2.75) is 38.1 Å². The highest BCUT2D eigenvalue weighted by atomic mass is 79.9. The van der Waals surface area contributed by atoms with Crippen LogP contribution in [-0.4, -0.2) is 6.04 Å². The zero-order valence-corrected chi connectivity index (χ0v) is 10.3. The molecule has 1 atom stereocenters. The number of hydrogen-bond acceptors (Lipinski definition) is 2. The maximum atomic E-state index is 6.03. The first-order valence-electron chi connectivity index (χ1n) is 4.57. The number of nitrogens with two attached hydrogens (primary N) is 1. The Bertz CT molecular complexity index is 326. The third-order valence-corrected chi connectivity index (χ3v) is 5.61. The van der Waals surface area contributed by atoms with Crippen molar-refractivity contribution >= 4 is 27.3 Å². The van der Waals surface area contributed by atoms with Crippen molar-refractivity contribution in [2.24, 2.45) is 5.73 Å². The maximum absolute atomic E-state index is 6.03. The smallest absolute Gasteiger partial charge is 0.0349 e. The second-order valence-electron chi connectivity index (χ2n) is 4.01. The largest absolute Gasteiger partial charge is 0.327 e. The van der Waals surface area contributed by atoms with Crippen LogP contribution in [0, 0.1) is 6.92 Å². The molecule has 2 rings (SSSR count). The minimum Gasteiger partial charge on any atom is -0.327 e. The van der Waals surface area contributed by atoms with Crippen molar-refractivity contribution in [3.05, 3.63) is 20.3 Å². The fourth-order valence-electron chi connectivity index (χ4n) is 1.79. The van der Waals surface area contributed by atoms with E-state index in [0.717, 1.165) is 0 Å². The lowest BCUT2D eigenvalue weighted by Gasteiger charge is -2.18. The molecule has 1 fully saturated rings. The highest BCUT2D eigenvalue weighted by Crippen LogP contribution is 2.54. The summed E-state index contributed by atoms with van der Waals surface area (Å²) in [5.74, 6) is 0. The lowest BCUT2D eigenvalue weighted by molar-refractivity contribution is 0.564. The molecule has 1 heterocycles. The zero-order valence-electron chi connectivity index (χ0n) is 7.93. The molecule has 2 N–H and O–H groups in total. The van der Waals surface area contributed by atoms with Crippen LogP contribution in [0.3, 0.4) is 0 Å². The Balaban J connectivity index is 2.41. The Morgan fingerprint density at radius 1 is 1.62 bits per heavy atom. The van der Waals surface area contributed by atoms with E-state index in [-0.39, 0.29) is 6.04 Å². The predicted octanol–water partition coefficient (Wildman–Crippen LogP) is 3.20. The van der Waals surface area contributed by atoms with Gasteiger partial charge in [-0.05, 0) is 53.6 Å². The molecule has 0 aromatic carbocycles. The van der Waals surface area contributed by atoms with Gasteiger partial charge in [-0.15, -0.1) is 11.3 Å². The first-order chi connectivity index (χ1) is 6.08. The van der Waals surface area contributed by atoms with Gasteiger partial charge in [-0.25, -0.2) is 0 Å². The van der Waals surface area contributed by atoms with Gasteiger partial charge in [0, 0.05) is 20.8 Å². The van der Waals surface area contributed by atoms with E-state index in [1.807, 2.05) is 11.3 Å². The fourth-order valence-corrected chi connectivity index (χ4v) is 4.03. The van der Waals surface area contributed by atoms with Crippen LogP contribution >= 0.6 is 27.3 Å². The van der Waals surface area contributed by atoms with Gasteiger partial charge >= 0.3 is 0 Å². The van der Waals surface area contributed by atoms with Gasteiger partial charge in [0.05, 0.1) is 0 Å². The summed E-state index contributed by atoms with van der Waals surface area (Å²) < 4.78 is 1.28. The number of halogens is 1. The van der Waals surface area contributed by atoms with Crippen LogP contribution in [-0.2, 0) is 5.41 Å². The molecule has 1 unspecified atom stereocenters. The summed E-state index contributed by atoms with van der Waals surface area (Å²) in [6.45, 7) is 4.26. The van der Waals surface area contributed by atoms with E-state index in [1.54, 1.807) is 0 Å². The maximum Gasteiger partial charge on any atom is 0.0349 e. The second kappa shape index (κ2) is 3.07. The fraction of sp³-hybridized carbons (Fsp3) is 0.600. The van der Waals surface area contributed by atoms with Gasteiger partial charge in [-0.1, -0.05) is 0 Å². The van der Waals surface area contributed by atoms with Crippen LogP contribution in [0.5, 0.6) is 0 Å². The molecule has 13 heavy (non-hydrogen) atoms. The Kier molecular flexibility index (Phi) is 2.29. The number of aryl methyl sites for hydroxylation is 1. The van der Waals surface area contributed by atoms with E-state index in [0.29, 0.717) is 5.41 Å². The molecule has 0 aliphatic heterocycles. The Morgan fingerprint density at radius 3 is 2.54 bits per heavy atom. The Morgan fingerprint density at radius 2 is 2.23 bits per heavy atom. The van der Waals surface area contributed by atoms with Gasteiger partial charge in [0.1, 0.15) is 0 Å². The van der Waals surface area contributed by atoms with Gasteiger partial charge in [-0.2, -0.15) is 0 Å². The normalized spacial score (nSPS) is 21.5. The standard InChI is InChI=1S/C10H14BrNS/c1-6-5-13-9(8(6)11)10(3-4-10)7(2)12/h5,7H,3-4,12H2,1-2H3. The molecule has 3 heteroatoms. The molecule has 1 aromatic rings. The van der Waals surface area contributed by atoms with Gasteiger partial charge in [0.2, 0.25) is 0 Å². The Labute approximate surface area is 91.5 Å². The van der Waals surface area contributed by atoms with Crippen molar-refractivity contribution in [3.63, 3.8) is 0 Å². The van der Waals surface area contributed by atoms with Crippen LogP contribution in [0.25, 0.3) is 0 Å². The van der Waals surface area contributed by atoms with Crippen LogP contribution in [0.4, 0.5) is 0 Å². The Hall–Kier alpha value is 0.140. The quantitative estimate of drug-likeness (QED) is 0.868. The summed E-state index contributed by atoms with van der Waals surface area (Å²) >= 11 is 5.50. The van der Waals surface area contributed by atoms with Crippen LogP contribution in [0.2, 0.25) is 0 Å². The summed E-state index contributed by atoms with van der Waals surface area (Å²) in [6.07, 6.45) is 2.51. The SMILES string of the molecule is Cc1csc(C2(C(C)N)CC2)c1Br. The number of thiophene rings is 1. The number of hydrogen-bond donors (Lipinski definition) is 1. The topological polar surface area (TPSA) is 26.0 Å². The molecular formula is C10H14BrNS. The third kappa shape index (κ3) is 1.37. The van der Waals surface area contributed by atoms with Crippen molar-refractivity contribution in [1.82, 2.24) is 0 Å². The first-order valence-corrected chi connectivity index (χ1v) is 6.25. The molecule has 0 spiro atoms. The molecular weight excluding hydrogens is 246 g/mol. The summed E-state index contributed by atoms with van der Waals surface area (Å²) in [4.78, 5) is 1.46. The molecule has 0 radical (unpaired) electrons. The van der Waals surface area contributed by atoms with E-state index in [4.69, 9.17) is 5.73 Å². The average molecular weight is 260 g/mol. The second-order valence-corrected chi connectivity index (χ2v) is 5.68. The van der Waals surface area contributed by atoms with E-state index in [1.165, 1.54) is 27.8 Å².